The topological polar surface area (TPSA) is 58.6 Å². The summed E-state index contributed by atoms with van der Waals surface area (Å²) < 4.78 is 10.6. The molecule has 0 rings (SSSR count). The summed E-state index contributed by atoms with van der Waals surface area (Å²) >= 11 is 0. The van der Waals surface area contributed by atoms with E-state index in [4.69, 9.17) is 5.21 Å². The van der Waals surface area contributed by atoms with Crippen molar-refractivity contribution in [1.29, 1.82) is 0 Å². The van der Waals surface area contributed by atoms with Gasteiger partial charge in [-0.05, 0) is 4.53 Å². The summed E-state index contributed by atoms with van der Waals surface area (Å²) in [6.07, 6.45) is 0. The molecule has 0 aromatic rings. The zero-order valence-corrected chi connectivity index (χ0v) is 3.35. The molecule has 2 N–H and O–H groups in total. The Kier molecular flexibility index (Phi) is 3.17. The highest BCUT2D eigenvalue weighted by Gasteiger charge is 1.94. The van der Waals surface area contributed by atoms with Crippen molar-refractivity contribution < 1.29 is 19.5 Å². The van der Waals surface area contributed by atoms with Crippen LogP contribution in [0.25, 0.3) is 0 Å². The standard InChI is InChI=1S/C2H4FNO3/c3-7-1-2(5)4-6/h6H,1H2,(H,4,5). The first-order valence-electron chi connectivity index (χ1n) is 1.47. The van der Waals surface area contributed by atoms with Gasteiger partial charge in [0.05, 0.1) is 0 Å². The van der Waals surface area contributed by atoms with E-state index in [-0.39, 0.29) is 0 Å². The minimum absolute atomic E-state index is 0.767. The van der Waals surface area contributed by atoms with Gasteiger partial charge in [0.2, 0.25) is 0 Å². The Labute approximate surface area is 38.7 Å². The van der Waals surface area contributed by atoms with E-state index in [9.17, 15) is 9.32 Å². The lowest BCUT2D eigenvalue weighted by Gasteiger charge is -1.88. The van der Waals surface area contributed by atoms with E-state index in [1.807, 2.05) is 0 Å². The monoisotopic (exact) mass is 109 g/mol. The first kappa shape index (κ1) is 6.32. The SMILES string of the molecule is O=C(COF)NO. The van der Waals surface area contributed by atoms with Gasteiger partial charge in [0.1, 0.15) is 0 Å². The van der Waals surface area contributed by atoms with Crippen molar-refractivity contribution in [2.45, 2.75) is 0 Å². The van der Waals surface area contributed by atoms with E-state index in [1.54, 1.807) is 0 Å². The minimum atomic E-state index is -0.914. The first-order valence-corrected chi connectivity index (χ1v) is 1.47. The molecule has 0 saturated carbocycles. The fraction of sp³-hybridized carbons (Fsp3) is 0.500. The van der Waals surface area contributed by atoms with Crippen LogP contribution in [0.5, 0.6) is 0 Å². The van der Waals surface area contributed by atoms with Crippen LogP contribution in [0.2, 0.25) is 0 Å². The number of amides is 1. The summed E-state index contributed by atoms with van der Waals surface area (Å²) in [6, 6.07) is 0. The van der Waals surface area contributed by atoms with E-state index in [2.05, 4.69) is 4.94 Å². The fourth-order valence-corrected chi connectivity index (χ4v) is 0.0818. The molecular weight excluding hydrogens is 105 g/mol. The van der Waals surface area contributed by atoms with Crippen LogP contribution in [0, 0.1) is 0 Å². The van der Waals surface area contributed by atoms with Gasteiger partial charge in [-0.25, -0.2) is 5.48 Å². The lowest BCUT2D eigenvalue weighted by Crippen LogP contribution is -2.22. The molecule has 0 aliphatic carbocycles. The maximum atomic E-state index is 10.6. The molecule has 7 heavy (non-hydrogen) atoms. The molecule has 0 bridgehead atoms. The average molecular weight is 109 g/mol. The second-order valence-corrected chi connectivity index (χ2v) is 0.788. The molecule has 0 atom stereocenters. The number of hydrogen-bond acceptors (Lipinski definition) is 3. The van der Waals surface area contributed by atoms with Gasteiger partial charge < -0.3 is 0 Å². The number of halogens is 1. The fourth-order valence-electron chi connectivity index (χ4n) is 0.0818. The van der Waals surface area contributed by atoms with Crippen molar-refractivity contribution in [2.24, 2.45) is 0 Å². The second kappa shape index (κ2) is 3.51. The Hall–Kier alpha value is -0.680. The molecule has 0 unspecified atom stereocenters. The lowest BCUT2D eigenvalue weighted by molar-refractivity contribution is -0.162. The van der Waals surface area contributed by atoms with Gasteiger partial charge in [-0.3, -0.25) is 10.0 Å². The van der Waals surface area contributed by atoms with Crippen molar-refractivity contribution in [2.75, 3.05) is 6.61 Å². The number of hydrogen-bond donors (Lipinski definition) is 2. The van der Waals surface area contributed by atoms with Crippen molar-refractivity contribution >= 4 is 5.91 Å². The summed E-state index contributed by atoms with van der Waals surface area (Å²) in [7, 11) is 0. The zero-order valence-electron chi connectivity index (χ0n) is 3.35. The number of carbonyl (C=O) groups excluding carboxylic acids is 1. The van der Waals surface area contributed by atoms with Crippen molar-refractivity contribution in [1.82, 2.24) is 5.48 Å². The van der Waals surface area contributed by atoms with E-state index >= 15 is 0 Å². The summed E-state index contributed by atoms with van der Waals surface area (Å²) in [6.45, 7) is -0.767. The molecule has 1 amide bonds. The first-order chi connectivity index (χ1) is 3.31. The molecule has 42 valence electrons. The summed E-state index contributed by atoms with van der Waals surface area (Å²) in [5, 5.41) is 7.62. The molecule has 0 aliphatic heterocycles. The van der Waals surface area contributed by atoms with E-state index < -0.39 is 12.5 Å². The van der Waals surface area contributed by atoms with Crippen LogP contribution < -0.4 is 5.48 Å². The molecule has 0 heterocycles. The molecule has 0 fully saturated rings. The summed E-state index contributed by atoms with van der Waals surface area (Å²) in [4.78, 5) is 12.5. The molecular formula is C2H4FNO3. The Morgan fingerprint density at radius 2 is 2.57 bits per heavy atom. The zero-order chi connectivity index (χ0) is 5.70. The van der Waals surface area contributed by atoms with E-state index in [0.717, 1.165) is 5.48 Å². The maximum absolute atomic E-state index is 10.6. The molecule has 0 spiro atoms. The average Bonchev–Trinajstić information content (AvgIpc) is 1.68. The van der Waals surface area contributed by atoms with Crippen molar-refractivity contribution in [3.05, 3.63) is 0 Å². The van der Waals surface area contributed by atoms with Gasteiger partial charge in [0, 0.05) is 0 Å². The van der Waals surface area contributed by atoms with E-state index in [0.29, 0.717) is 0 Å². The third-order valence-corrected chi connectivity index (χ3v) is 0.310. The van der Waals surface area contributed by atoms with Crippen molar-refractivity contribution in [3.8, 4) is 0 Å². The Morgan fingerprint density at radius 3 is 2.71 bits per heavy atom. The Bertz CT molecular complexity index is 66.0. The highest BCUT2D eigenvalue weighted by Crippen LogP contribution is 1.69. The second-order valence-electron chi connectivity index (χ2n) is 0.788. The third kappa shape index (κ3) is 3.14. The van der Waals surface area contributed by atoms with Gasteiger partial charge in [-0.2, -0.15) is 4.94 Å². The number of hydroxylamine groups is 1. The molecule has 0 aromatic heterocycles. The number of carbonyl (C=O) groups is 1. The van der Waals surface area contributed by atoms with Crippen LogP contribution in [0.1, 0.15) is 0 Å². The molecule has 5 heteroatoms. The quantitative estimate of drug-likeness (QED) is 0.367. The van der Waals surface area contributed by atoms with Crippen LogP contribution >= 0.6 is 0 Å². The lowest BCUT2D eigenvalue weighted by atomic mass is 10.7. The summed E-state index contributed by atoms with van der Waals surface area (Å²) in [5.74, 6) is -0.914. The van der Waals surface area contributed by atoms with Gasteiger partial charge >= 0.3 is 0 Å². The predicted molar refractivity (Wildman–Crippen MR) is 17.0 cm³/mol. The molecule has 0 aliphatic rings. The molecule has 0 aromatic carbocycles. The van der Waals surface area contributed by atoms with Crippen LogP contribution in [0.15, 0.2) is 0 Å². The minimum Gasteiger partial charge on any atom is -0.289 e. The van der Waals surface area contributed by atoms with Gasteiger partial charge in [-0.1, -0.05) is 0 Å². The highest BCUT2D eigenvalue weighted by molar-refractivity contribution is 5.75. The summed E-state index contributed by atoms with van der Waals surface area (Å²) in [5.41, 5.74) is 1.16. The third-order valence-electron chi connectivity index (χ3n) is 0.310. The van der Waals surface area contributed by atoms with Gasteiger partial charge in [0.25, 0.3) is 5.91 Å². The smallest absolute Gasteiger partial charge is 0.272 e. The normalized spacial score (nSPS) is 8.29. The maximum Gasteiger partial charge on any atom is 0.272 e. The van der Waals surface area contributed by atoms with E-state index in [1.165, 1.54) is 0 Å². The van der Waals surface area contributed by atoms with Crippen LogP contribution in [-0.2, 0) is 9.74 Å². The number of nitrogens with one attached hydrogen (secondary N) is 1. The predicted octanol–water partition coefficient (Wildman–Crippen LogP) is -0.607. The molecule has 4 nitrogen and oxygen atoms in total. The van der Waals surface area contributed by atoms with Crippen LogP contribution in [0.3, 0.4) is 0 Å². The van der Waals surface area contributed by atoms with Gasteiger partial charge in [-0.15, -0.1) is 0 Å². The largest absolute Gasteiger partial charge is 0.289 e. The Balaban J connectivity index is 3.00. The molecule has 0 radical (unpaired) electrons. The van der Waals surface area contributed by atoms with Gasteiger partial charge in [0.15, 0.2) is 6.61 Å². The van der Waals surface area contributed by atoms with Crippen LogP contribution in [-0.4, -0.2) is 17.7 Å². The van der Waals surface area contributed by atoms with Crippen LogP contribution in [0.4, 0.5) is 4.53 Å². The highest BCUT2D eigenvalue weighted by atomic mass is 19.3. The van der Waals surface area contributed by atoms with Crippen molar-refractivity contribution in [3.63, 3.8) is 0 Å². The number of rotatable bonds is 2. The Morgan fingerprint density at radius 1 is 2.00 bits per heavy atom. The molecule has 0 saturated heterocycles.